The Balaban J connectivity index is 1.23. The van der Waals surface area contributed by atoms with E-state index < -0.39 is 6.10 Å². The van der Waals surface area contributed by atoms with Crippen molar-refractivity contribution in [2.24, 2.45) is 47.2 Å². The minimum atomic E-state index is -0.518. The molecule has 6 rings (SSSR count). The fourth-order valence-electron chi connectivity index (χ4n) is 11.2. The van der Waals surface area contributed by atoms with Crippen LogP contribution in [-0.4, -0.2) is 113 Å². The van der Waals surface area contributed by atoms with E-state index in [1.165, 1.54) is 12.8 Å². The maximum atomic E-state index is 12.5. The van der Waals surface area contributed by atoms with Crippen molar-refractivity contribution in [1.29, 1.82) is 0 Å². The summed E-state index contributed by atoms with van der Waals surface area (Å²) in [5.74, 6) is 1.60. The van der Waals surface area contributed by atoms with Crippen molar-refractivity contribution >= 4 is 0 Å². The van der Waals surface area contributed by atoms with Crippen LogP contribution >= 0.6 is 0 Å². The summed E-state index contributed by atoms with van der Waals surface area (Å²) in [5, 5.41) is 25.2. The van der Waals surface area contributed by atoms with Crippen LogP contribution in [0.2, 0.25) is 0 Å². The van der Waals surface area contributed by atoms with Gasteiger partial charge in [0.05, 0.1) is 62.0 Å². The summed E-state index contributed by atoms with van der Waals surface area (Å²) < 4.78 is 38.6. The molecule has 278 valence electrons. The fraction of sp³-hybridized carbons (Fsp3) is 1.00. The van der Waals surface area contributed by atoms with E-state index in [2.05, 4.69) is 5.32 Å². The number of aliphatic hydroxyl groups excluding tert-OH is 2. The molecule has 6 N–H and O–H groups in total. The minimum absolute atomic E-state index is 0.0111. The number of piperidine rings is 1. The molecule has 0 aromatic rings. The Bertz CT molecular complexity index is 962. The van der Waals surface area contributed by atoms with Gasteiger partial charge in [-0.15, -0.1) is 0 Å². The molecule has 3 aliphatic heterocycles. The van der Waals surface area contributed by atoms with Crippen molar-refractivity contribution in [1.82, 2.24) is 0 Å². The van der Waals surface area contributed by atoms with E-state index in [1.54, 1.807) is 7.11 Å². The van der Waals surface area contributed by atoms with Gasteiger partial charge in [0.15, 0.2) is 0 Å². The maximum absolute atomic E-state index is 12.5. The summed E-state index contributed by atoms with van der Waals surface area (Å²) in [5.41, 5.74) is 6.31. The van der Waals surface area contributed by atoms with E-state index in [0.29, 0.717) is 37.6 Å². The maximum Gasteiger partial charge on any atom is 0.137 e. The Morgan fingerprint density at radius 3 is 2.42 bits per heavy atom. The number of hydrogen-bond donors (Lipinski definition) is 4. The molecule has 3 heterocycles. The Hall–Kier alpha value is -0.400. The number of fused-ring (bicyclic) bond motifs is 2. The summed E-state index contributed by atoms with van der Waals surface area (Å²) in [6.45, 7) is 3.02. The molecule has 0 amide bonds. The molecule has 0 radical (unpaired) electrons. The van der Waals surface area contributed by atoms with Crippen molar-refractivity contribution in [3.8, 4) is 0 Å². The first-order valence-electron chi connectivity index (χ1n) is 19.8. The van der Waals surface area contributed by atoms with Gasteiger partial charge < -0.3 is 44.0 Å². The first-order valence-corrected chi connectivity index (χ1v) is 19.8. The van der Waals surface area contributed by atoms with Crippen molar-refractivity contribution in [3.05, 3.63) is 0 Å². The highest BCUT2D eigenvalue weighted by Gasteiger charge is 2.56. The van der Waals surface area contributed by atoms with Crippen molar-refractivity contribution in [2.75, 3.05) is 47.7 Å². The molecule has 6 aliphatic rings. The lowest BCUT2D eigenvalue weighted by Gasteiger charge is -2.56. The third-order valence-corrected chi connectivity index (χ3v) is 13.6. The molecular formula is C38H69N2O8+. The average molecular weight is 682 g/mol. The molecule has 16 atom stereocenters. The van der Waals surface area contributed by atoms with Gasteiger partial charge in [0, 0.05) is 64.6 Å². The van der Waals surface area contributed by atoms with Crippen LogP contribution in [0.5, 0.6) is 0 Å². The highest BCUT2D eigenvalue weighted by atomic mass is 16.5. The molecule has 0 aromatic heterocycles. The Kier molecular flexibility index (Phi) is 13.9. The van der Waals surface area contributed by atoms with Gasteiger partial charge in [0.2, 0.25) is 0 Å². The molecular weight excluding hydrogens is 612 g/mol. The minimum Gasteiger partial charge on any atom is -0.393 e. The topological polar surface area (TPSA) is 138 Å². The van der Waals surface area contributed by atoms with Crippen molar-refractivity contribution in [2.45, 2.75) is 151 Å². The lowest BCUT2D eigenvalue weighted by molar-refractivity contribution is -0.699. The molecule has 3 aliphatic carbocycles. The van der Waals surface area contributed by atoms with E-state index >= 15 is 0 Å². The highest BCUT2D eigenvalue weighted by Crippen LogP contribution is 2.51. The van der Waals surface area contributed by atoms with E-state index in [1.807, 2.05) is 14.2 Å². The number of quaternary nitrogens is 1. The van der Waals surface area contributed by atoms with Crippen molar-refractivity contribution < 1.29 is 44.0 Å². The van der Waals surface area contributed by atoms with Crippen LogP contribution in [0, 0.1) is 41.4 Å². The summed E-state index contributed by atoms with van der Waals surface area (Å²) in [4.78, 5) is 0. The van der Waals surface area contributed by atoms with Crippen LogP contribution in [-0.2, 0) is 28.4 Å². The smallest absolute Gasteiger partial charge is 0.137 e. The van der Waals surface area contributed by atoms with Gasteiger partial charge in [-0.05, 0) is 94.8 Å². The Morgan fingerprint density at radius 2 is 1.65 bits per heavy atom. The van der Waals surface area contributed by atoms with Crippen molar-refractivity contribution in [3.63, 3.8) is 0 Å². The van der Waals surface area contributed by atoms with Gasteiger partial charge in [-0.1, -0.05) is 12.8 Å². The molecule has 6 fully saturated rings. The lowest BCUT2D eigenvalue weighted by Crippen LogP contribution is -2.94. The van der Waals surface area contributed by atoms with E-state index in [-0.39, 0.29) is 72.6 Å². The van der Waals surface area contributed by atoms with Crippen LogP contribution in [0.1, 0.15) is 96.3 Å². The van der Waals surface area contributed by atoms with Gasteiger partial charge in [0.25, 0.3) is 0 Å². The standard InChI is InChI=1S/C38H68N2O8/c1-43-14-5-8-33-35(38(29-20-27(44-2)9-10-32(29)48-33)46-15-12-23-11-13-40-34(39)18-23)31-22-47-37-25(16-24-6-4-7-26(41)17-24)19-28(45-3)21-30(37)36(31)42/h23-38,40-42H,4-22,39H2,1-3H3/p+1/t23?,24?,25?,26?,27?,28?,29?,30?,31-,32?,33+,34?,35+,36+,37?,38-/m0/s1. The summed E-state index contributed by atoms with van der Waals surface area (Å²) >= 11 is 0. The molecule has 11 unspecified atom stereocenters. The SMILES string of the molecule is COCCC[C@H]1OC2CCC(OC)CC2[C@H](OCCC2CC[NH2+]C(N)C2)[C@@H]1[C@@H]1COC2C(CC3CCCC(O)C3)CC(OC)CC2[C@H]1O. The monoisotopic (exact) mass is 682 g/mol. The number of ether oxygens (including phenoxy) is 6. The number of rotatable bonds is 13. The summed E-state index contributed by atoms with van der Waals surface area (Å²) in [6, 6.07) is 0. The summed E-state index contributed by atoms with van der Waals surface area (Å²) in [7, 11) is 5.41. The predicted octanol–water partition coefficient (Wildman–Crippen LogP) is 3.00. The number of aliphatic hydroxyl groups is 2. The van der Waals surface area contributed by atoms with Crippen LogP contribution in [0.4, 0.5) is 0 Å². The lowest BCUT2D eigenvalue weighted by atomic mass is 9.62. The van der Waals surface area contributed by atoms with Crippen LogP contribution < -0.4 is 11.1 Å². The number of nitrogens with two attached hydrogens (primary N) is 2. The zero-order valence-corrected chi connectivity index (χ0v) is 30.2. The second-order valence-electron chi connectivity index (χ2n) is 16.6. The number of hydrogen-bond acceptors (Lipinski definition) is 9. The second kappa shape index (κ2) is 17.9. The van der Waals surface area contributed by atoms with E-state index in [0.717, 1.165) is 90.0 Å². The molecule has 3 saturated heterocycles. The highest BCUT2D eigenvalue weighted by molar-refractivity contribution is 5.04. The Morgan fingerprint density at radius 1 is 0.812 bits per heavy atom. The molecule has 48 heavy (non-hydrogen) atoms. The number of methoxy groups -OCH3 is 3. The van der Waals surface area contributed by atoms with Gasteiger partial charge >= 0.3 is 0 Å². The first kappa shape index (κ1) is 37.4. The normalized spacial score (nSPS) is 46.9. The zero-order chi connectivity index (χ0) is 33.6. The van der Waals surface area contributed by atoms with E-state index in [4.69, 9.17) is 34.2 Å². The van der Waals surface area contributed by atoms with Crippen LogP contribution in [0.15, 0.2) is 0 Å². The van der Waals surface area contributed by atoms with Gasteiger partial charge in [-0.3, -0.25) is 5.73 Å². The fourth-order valence-corrected chi connectivity index (χ4v) is 11.2. The molecule has 10 heteroatoms. The zero-order valence-electron chi connectivity index (χ0n) is 30.2. The predicted molar refractivity (Wildman–Crippen MR) is 182 cm³/mol. The molecule has 0 spiro atoms. The van der Waals surface area contributed by atoms with Gasteiger partial charge in [-0.2, -0.15) is 0 Å². The first-order chi connectivity index (χ1) is 23.4. The van der Waals surface area contributed by atoms with E-state index in [9.17, 15) is 10.2 Å². The molecule has 3 saturated carbocycles. The van der Waals surface area contributed by atoms with Crippen LogP contribution in [0.3, 0.4) is 0 Å². The quantitative estimate of drug-likeness (QED) is 0.216. The third-order valence-electron chi connectivity index (χ3n) is 13.6. The van der Waals surface area contributed by atoms with Crippen LogP contribution in [0.25, 0.3) is 0 Å². The average Bonchev–Trinajstić information content (AvgIpc) is 3.09. The molecule has 0 aromatic carbocycles. The largest absolute Gasteiger partial charge is 0.393 e. The summed E-state index contributed by atoms with van der Waals surface area (Å²) in [6.07, 6.45) is 14.7. The molecule has 0 bridgehead atoms. The van der Waals surface area contributed by atoms with Gasteiger partial charge in [-0.25, -0.2) is 0 Å². The Labute approximate surface area is 289 Å². The third kappa shape index (κ3) is 8.96. The second-order valence-corrected chi connectivity index (χ2v) is 16.6. The molecule has 10 nitrogen and oxygen atoms in total. The van der Waals surface area contributed by atoms with Gasteiger partial charge in [0.1, 0.15) is 6.17 Å².